The zero-order valence-electron chi connectivity index (χ0n) is 10.1. The molecular weight excluding hydrogens is 266 g/mol. The molecule has 0 saturated heterocycles. The Morgan fingerprint density at radius 1 is 1.05 bits per heavy atom. The summed E-state index contributed by atoms with van der Waals surface area (Å²) in [6, 6.07) is 7.96. The van der Waals surface area contributed by atoms with Gasteiger partial charge < -0.3 is 10.2 Å². The fourth-order valence-electron chi connectivity index (χ4n) is 1.95. The molecule has 0 aliphatic heterocycles. The number of hydrogen-bond acceptors (Lipinski definition) is 4. The smallest absolute Gasteiger partial charge is 0.349 e. The third kappa shape index (κ3) is 1.82. The van der Waals surface area contributed by atoms with E-state index in [2.05, 4.69) is 4.98 Å². The number of rotatable bonds is 1. The molecular formula is C14H8F2N2O2. The minimum absolute atomic E-state index is 0.0907. The third-order valence-corrected chi connectivity index (χ3v) is 2.87. The van der Waals surface area contributed by atoms with Crippen LogP contribution >= 0.6 is 0 Å². The lowest BCUT2D eigenvalue weighted by atomic mass is 10.1. The van der Waals surface area contributed by atoms with Crippen molar-refractivity contribution in [3.8, 4) is 11.5 Å². The predicted octanol–water partition coefficient (Wildman–Crippen LogP) is 2.72. The molecule has 0 fully saturated rings. The number of aromatic nitrogens is 1. The van der Waals surface area contributed by atoms with E-state index in [1.165, 1.54) is 18.2 Å². The van der Waals surface area contributed by atoms with Crippen molar-refractivity contribution in [3.63, 3.8) is 0 Å². The van der Waals surface area contributed by atoms with Gasteiger partial charge in [-0.15, -0.1) is 0 Å². The van der Waals surface area contributed by atoms with Crippen molar-refractivity contribution in [2.75, 3.05) is 5.73 Å². The number of fused-ring (bicyclic) bond motifs is 1. The molecule has 0 amide bonds. The molecule has 2 aromatic carbocycles. The Balaban J connectivity index is 2.37. The number of nitrogens with two attached hydrogens (primary N) is 1. The second-order valence-electron chi connectivity index (χ2n) is 4.14. The van der Waals surface area contributed by atoms with E-state index in [-0.39, 0.29) is 16.6 Å². The van der Waals surface area contributed by atoms with Crippen LogP contribution in [0.1, 0.15) is 0 Å². The second-order valence-corrected chi connectivity index (χ2v) is 4.14. The first-order chi connectivity index (χ1) is 9.58. The Kier molecular flexibility index (Phi) is 2.71. The SMILES string of the molecule is Nc1cccc2nc(-c3c(F)cccc3F)oc(=O)c12. The average molecular weight is 274 g/mol. The molecule has 0 atom stereocenters. The van der Waals surface area contributed by atoms with Crippen molar-refractivity contribution in [3.05, 3.63) is 58.5 Å². The highest BCUT2D eigenvalue weighted by Gasteiger charge is 2.17. The maximum atomic E-state index is 13.7. The molecule has 0 bridgehead atoms. The first-order valence-electron chi connectivity index (χ1n) is 5.71. The van der Waals surface area contributed by atoms with E-state index in [9.17, 15) is 13.6 Å². The molecule has 2 N–H and O–H groups in total. The number of nitrogens with zero attached hydrogens (tertiary/aromatic N) is 1. The summed E-state index contributed by atoms with van der Waals surface area (Å²) in [5.41, 5.74) is 4.81. The highest BCUT2D eigenvalue weighted by Crippen LogP contribution is 2.25. The van der Waals surface area contributed by atoms with Crippen LogP contribution in [0.25, 0.3) is 22.4 Å². The fourth-order valence-corrected chi connectivity index (χ4v) is 1.95. The topological polar surface area (TPSA) is 69.1 Å². The van der Waals surface area contributed by atoms with E-state index in [4.69, 9.17) is 10.2 Å². The van der Waals surface area contributed by atoms with Crippen LogP contribution in [0.5, 0.6) is 0 Å². The van der Waals surface area contributed by atoms with Gasteiger partial charge in [-0.1, -0.05) is 12.1 Å². The number of hydrogen-bond donors (Lipinski definition) is 1. The molecule has 0 spiro atoms. The zero-order chi connectivity index (χ0) is 14.3. The van der Waals surface area contributed by atoms with Gasteiger partial charge in [-0.05, 0) is 24.3 Å². The number of nitrogen functional groups attached to an aromatic ring is 1. The van der Waals surface area contributed by atoms with Crippen molar-refractivity contribution in [2.45, 2.75) is 0 Å². The van der Waals surface area contributed by atoms with Crippen LogP contribution in [-0.2, 0) is 0 Å². The lowest BCUT2D eigenvalue weighted by molar-refractivity contribution is 0.502. The minimum atomic E-state index is -0.857. The van der Waals surface area contributed by atoms with Crippen LogP contribution in [0.4, 0.5) is 14.5 Å². The number of anilines is 1. The zero-order valence-corrected chi connectivity index (χ0v) is 10.1. The van der Waals surface area contributed by atoms with Crippen LogP contribution < -0.4 is 11.4 Å². The first-order valence-corrected chi connectivity index (χ1v) is 5.71. The van der Waals surface area contributed by atoms with Crippen molar-refractivity contribution < 1.29 is 13.2 Å². The van der Waals surface area contributed by atoms with Gasteiger partial charge in [0.05, 0.1) is 5.52 Å². The Hall–Kier alpha value is -2.76. The standard InChI is InChI=1S/C14H8F2N2O2/c15-7-3-1-4-8(16)11(7)13-18-10-6-2-5-9(17)12(10)14(19)20-13/h1-6H,17H2. The quantitative estimate of drug-likeness (QED) is 0.693. The lowest BCUT2D eigenvalue weighted by Crippen LogP contribution is -2.07. The van der Waals surface area contributed by atoms with Gasteiger partial charge in [-0.3, -0.25) is 0 Å². The van der Waals surface area contributed by atoms with Gasteiger partial charge in [0.2, 0.25) is 5.89 Å². The molecule has 20 heavy (non-hydrogen) atoms. The molecule has 6 heteroatoms. The maximum absolute atomic E-state index is 13.7. The van der Waals surface area contributed by atoms with Crippen LogP contribution in [0.2, 0.25) is 0 Å². The van der Waals surface area contributed by atoms with E-state index < -0.39 is 28.7 Å². The number of halogens is 2. The molecule has 0 radical (unpaired) electrons. The predicted molar refractivity (Wildman–Crippen MR) is 70.0 cm³/mol. The van der Waals surface area contributed by atoms with Gasteiger partial charge >= 0.3 is 5.63 Å². The molecule has 3 rings (SSSR count). The van der Waals surface area contributed by atoms with E-state index in [1.54, 1.807) is 6.07 Å². The summed E-state index contributed by atoms with van der Waals surface area (Å²) in [7, 11) is 0. The molecule has 0 aliphatic rings. The molecule has 0 saturated carbocycles. The van der Waals surface area contributed by atoms with Gasteiger partial charge in [0.25, 0.3) is 0 Å². The van der Waals surface area contributed by atoms with Crippen molar-refractivity contribution >= 4 is 16.6 Å². The molecule has 1 heterocycles. The van der Waals surface area contributed by atoms with Gasteiger partial charge in [0.1, 0.15) is 22.6 Å². The van der Waals surface area contributed by atoms with E-state index in [0.29, 0.717) is 0 Å². The normalized spacial score (nSPS) is 10.9. The van der Waals surface area contributed by atoms with Gasteiger partial charge in [0.15, 0.2) is 0 Å². The second kappa shape index (κ2) is 4.41. The summed E-state index contributed by atoms with van der Waals surface area (Å²) in [6.45, 7) is 0. The van der Waals surface area contributed by atoms with E-state index in [1.807, 2.05) is 0 Å². The third-order valence-electron chi connectivity index (χ3n) is 2.87. The maximum Gasteiger partial charge on any atom is 0.349 e. The Labute approximate surface area is 111 Å². The van der Waals surface area contributed by atoms with Crippen molar-refractivity contribution in [1.29, 1.82) is 0 Å². The monoisotopic (exact) mass is 274 g/mol. The Morgan fingerprint density at radius 3 is 2.40 bits per heavy atom. The summed E-state index contributed by atoms with van der Waals surface area (Å²) in [4.78, 5) is 15.8. The van der Waals surface area contributed by atoms with Crippen molar-refractivity contribution in [1.82, 2.24) is 4.98 Å². The van der Waals surface area contributed by atoms with Crippen LogP contribution in [0.15, 0.2) is 45.6 Å². The minimum Gasteiger partial charge on any atom is -0.403 e. The van der Waals surface area contributed by atoms with Crippen LogP contribution in [0, 0.1) is 11.6 Å². The summed E-state index contributed by atoms with van der Waals surface area (Å²) < 4.78 is 32.3. The Bertz CT molecular complexity index is 854. The van der Waals surface area contributed by atoms with Crippen LogP contribution in [0.3, 0.4) is 0 Å². The molecule has 0 aliphatic carbocycles. The van der Waals surface area contributed by atoms with Gasteiger partial charge in [-0.25, -0.2) is 18.6 Å². The molecule has 1 aromatic heterocycles. The van der Waals surface area contributed by atoms with E-state index >= 15 is 0 Å². The average Bonchev–Trinajstić information content (AvgIpc) is 2.38. The van der Waals surface area contributed by atoms with Crippen molar-refractivity contribution in [2.24, 2.45) is 0 Å². The largest absolute Gasteiger partial charge is 0.403 e. The summed E-state index contributed by atoms with van der Waals surface area (Å²) >= 11 is 0. The fraction of sp³-hybridized carbons (Fsp3) is 0. The highest BCUT2D eigenvalue weighted by molar-refractivity contribution is 5.89. The lowest BCUT2D eigenvalue weighted by Gasteiger charge is -2.05. The molecule has 3 aromatic rings. The molecule has 4 nitrogen and oxygen atoms in total. The number of benzene rings is 2. The highest BCUT2D eigenvalue weighted by atomic mass is 19.1. The summed E-state index contributed by atoms with van der Waals surface area (Å²) in [6.07, 6.45) is 0. The van der Waals surface area contributed by atoms with E-state index in [0.717, 1.165) is 12.1 Å². The molecule has 100 valence electrons. The van der Waals surface area contributed by atoms with Gasteiger partial charge in [0, 0.05) is 5.69 Å². The molecule has 0 unspecified atom stereocenters. The summed E-state index contributed by atoms with van der Waals surface area (Å²) in [5.74, 6) is -2.13. The van der Waals surface area contributed by atoms with Gasteiger partial charge in [-0.2, -0.15) is 0 Å². The first kappa shape index (κ1) is 12.3. The van der Waals surface area contributed by atoms with Crippen LogP contribution in [-0.4, -0.2) is 4.98 Å². The Morgan fingerprint density at radius 2 is 1.70 bits per heavy atom. The summed E-state index contributed by atoms with van der Waals surface area (Å²) in [5, 5.41) is 0.0907.